The van der Waals surface area contributed by atoms with Crippen LogP contribution < -0.4 is 5.56 Å². The second-order valence-electron chi connectivity index (χ2n) is 8.30. The zero-order valence-electron chi connectivity index (χ0n) is 18.1. The number of esters is 1. The predicted octanol–water partition coefficient (Wildman–Crippen LogP) is 4.27. The maximum atomic E-state index is 13.2. The molecule has 0 aliphatic carbocycles. The summed E-state index contributed by atoms with van der Waals surface area (Å²) < 4.78 is 6.73. The molecular weight excluding hydrogens is 428 g/mol. The summed E-state index contributed by atoms with van der Waals surface area (Å²) in [5.74, 6) is -0.497. The smallest absolute Gasteiger partial charge is 0.356 e. The van der Waals surface area contributed by atoms with Crippen LogP contribution >= 0.6 is 11.6 Å². The molecule has 4 rings (SSSR count). The first-order valence-corrected chi connectivity index (χ1v) is 11.1. The van der Waals surface area contributed by atoms with Crippen molar-refractivity contribution in [1.29, 1.82) is 0 Å². The second-order valence-corrected chi connectivity index (χ2v) is 8.74. The molecule has 2 aromatic carbocycles. The minimum atomic E-state index is -0.710. The number of piperidine rings is 1. The fourth-order valence-corrected chi connectivity index (χ4v) is 4.44. The topological polar surface area (TPSA) is 68.6 Å². The van der Waals surface area contributed by atoms with E-state index >= 15 is 0 Å². The maximum Gasteiger partial charge on any atom is 0.356 e. The molecule has 1 atom stereocenters. The minimum Gasteiger partial charge on any atom is -0.451 e. The molecule has 1 aliphatic heterocycles. The Morgan fingerprint density at radius 3 is 2.47 bits per heavy atom. The van der Waals surface area contributed by atoms with Crippen molar-refractivity contribution in [3.8, 4) is 11.1 Å². The molecule has 6 nitrogen and oxygen atoms in total. The van der Waals surface area contributed by atoms with Crippen molar-refractivity contribution in [2.45, 2.75) is 19.8 Å². The lowest BCUT2D eigenvalue weighted by atomic mass is 9.97. The van der Waals surface area contributed by atoms with Gasteiger partial charge in [0.2, 0.25) is 0 Å². The Labute approximate surface area is 191 Å². The number of halogens is 1. The van der Waals surface area contributed by atoms with Gasteiger partial charge in [0.15, 0.2) is 6.61 Å². The number of benzene rings is 2. The molecule has 0 bridgehead atoms. The van der Waals surface area contributed by atoms with E-state index in [-0.39, 0.29) is 23.8 Å². The Morgan fingerprint density at radius 2 is 1.78 bits per heavy atom. The van der Waals surface area contributed by atoms with E-state index < -0.39 is 5.97 Å². The molecule has 1 fully saturated rings. The van der Waals surface area contributed by atoms with Gasteiger partial charge in [-0.1, -0.05) is 48.9 Å². The molecule has 1 saturated heterocycles. The van der Waals surface area contributed by atoms with Crippen molar-refractivity contribution in [3.63, 3.8) is 0 Å². The third kappa shape index (κ3) is 4.28. The van der Waals surface area contributed by atoms with E-state index in [4.69, 9.17) is 16.3 Å². The summed E-state index contributed by atoms with van der Waals surface area (Å²) >= 11 is 6.06. The highest BCUT2D eigenvalue weighted by Gasteiger charge is 2.26. The number of fused-ring (bicyclic) bond motifs is 1. The Hall–Kier alpha value is -3.12. The van der Waals surface area contributed by atoms with E-state index in [1.807, 2.05) is 6.07 Å². The van der Waals surface area contributed by atoms with Crippen LogP contribution in [0.5, 0.6) is 0 Å². The van der Waals surface area contributed by atoms with Gasteiger partial charge in [0.1, 0.15) is 5.69 Å². The highest BCUT2D eigenvalue weighted by atomic mass is 35.5. The van der Waals surface area contributed by atoms with E-state index in [0.717, 1.165) is 18.4 Å². The first-order chi connectivity index (χ1) is 15.4. The minimum absolute atomic E-state index is 0.107. The average molecular weight is 453 g/mol. The van der Waals surface area contributed by atoms with Crippen molar-refractivity contribution >= 4 is 34.2 Å². The van der Waals surface area contributed by atoms with Crippen molar-refractivity contribution in [2.75, 3.05) is 19.7 Å². The van der Waals surface area contributed by atoms with Crippen LogP contribution in [-0.4, -0.2) is 41.0 Å². The van der Waals surface area contributed by atoms with Gasteiger partial charge in [0.05, 0.1) is 0 Å². The van der Waals surface area contributed by atoms with Crippen LogP contribution in [0.25, 0.3) is 21.9 Å². The first kappa shape index (κ1) is 22.1. The lowest BCUT2D eigenvalue weighted by Crippen LogP contribution is -2.41. The second kappa shape index (κ2) is 9.17. The molecule has 0 spiro atoms. The predicted molar refractivity (Wildman–Crippen MR) is 125 cm³/mol. The Bertz CT molecular complexity index is 1230. The number of carbonyl (C=O) groups excluding carboxylic acids is 2. The van der Waals surface area contributed by atoms with E-state index in [0.29, 0.717) is 40.4 Å². The normalized spacial score (nSPS) is 16.2. The van der Waals surface area contributed by atoms with E-state index in [2.05, 4.69) is 6.92 Å². The van der Waals surface area contributed by atoms with Gasteiger partial charge in [0, 0.05) is 36.1 Å². The number of hydrogen-bond acceptors (Lipinski definition) is 4. The lowest BCUT2D eigenvalue weighted by molar-refractivity contribution is -0.136. The van der Waals surface area contributed by atoms with Crippen molar-refractivity contribution < 1.29 is 14.3 Å². The van der Waals surface area contributed by atoms with Crippen molar-refractivity contribution in [3.05, 3.63) is 69.6 Å². The number of hydrogen-bond donors (Lipinski definition) is 0. The number of likely N-dealkylation sites (tertiary alicyclic amines) is 1. The molecule has 0 radical (unpaired) electrons. The summed E-state index contributed by atoms with van der Waals surface area (Å²) in [6, 6.07) is 14.2. The number of ether oxygens (including phenoxy) is 1. The molecule has 3 aromatic rings. The number of aromatic nitrogens is 1. The van der Waals surface area contributed by atoms with Gasteiger partial charge < -0.3 is 14.2 Å². The molecular formula is C25H25ClN2O4. The molecule has 1 amide bonds. The highest BCUT2D eigenvalue weighted by molar-refractivity contribution is 6.30. The van der Waals surface area contributed by atoms with E-state index in [1.54, 1.807) is 54.4 Å². The lowest BCUT2D eigenvalue weighted by Gasteiger charge is -2.30. The molecule has 2 heterocycles. The van der Waals surface area contributed by atoms with Gasteiger partial charge in [-0.25, -0.2) is 4.79 Å². The standard InChI is InChI=1S/C25H25ClN2O4/c1-16-6-5-13-28(14-16)21(29)15-32-25(31)23-22(17-9-11-18(26)12-10-17)19-7-3-4-8-20(19)24(30)27(23)2/h3-4,7-12,16H,5-6,13-15H2,1-2H3. The summed E-state index contributed by atoms with van der Waals surface area (Å²) in [5.41, 5.74) is 1.10. The third-order valence-electron chi connectivity index (χ3n) is 5.97. The summed E-state index contributed by atoms with van der Waals surface area (Å²) in [6.07, 6.45) is 2.04. The number of nitrogens with zero attached hydrogens (tertiary/aromatic N) is 2. The molecule has 7 heteroatoms. The Kier molecular flexibility index (Phi) is 6.33. The van der Waals surface area contributed by atoms with Gasteiger partial charge in [-0.15, -0.1) is 0 Å². The van der Waals surface area contributed by atoms with Gasteiger partial charge in [-0.2, -0.15) is 0 Å². The van der Waals surface area contributed by atoms with Gasteiger partial charge in [-0.3, -0.25) is 9.59 Å². The highest BCUT2D eigenvalue weighted by Crippen LogP contribution is 2.31. The van der Waals surface area contributed by atoms with Gasteiger partial charge >= 0.3 is 5.97 Å². The van der Waals surface area contributed by atoms with Crippen LogP contribution in [0.15, 0.2) is 53.3 Å². The van der Waals surface area contributed by atoms with Crippen LogP contribution in [0, 0.1) is 5.92 Å². The average Bonchev–Trinajstić information content (AvgIpc) is 2.80. The largest absolute Gasteiger partial charge is 0.451 e. The quantitative estimate of drug-likeness (QED) is 0.554. The maximum absolute atomic E-state index is 13.2. The molecule has 32 heavy (non-hydrogen) atoms. The van der Waals surface area contributed by atoms with Crippen LogP contribution in [0.4, 0.5) is 0 Å². The summed E-state index contributed by atoms with van der Waals surface area (Å²) in [5, 5.41) is 1.70. The van der Waals surface area contributed by atoms with Crippen LogP contribution in [0.2, 0.25) is 5.02 Å². The number of rotatable bonds is 4. The van der Waals surface area contributed by atoms with E-state index in [9.17, 15) is 14.4 Å². The molecule has 1 unspecified atom stereocenters. The molecule has 1 aromatic heterocycles. The zero-order valence-corrected chi connectivity index (χ0v) is 18.9. The van der Waals surface area contributed by atoms with Crippen LogP contribution in [0.1, 0.15) is 30.3 Å². The molecule has 0 N–H and O–H groups in total. The summed E-state index contributed by atoms with van der Waals surface area (Å²) in [7, 11) is 1.54. The van der Waals surface area contributed by atoms with Crippen LogP contribution in [0.3, 0.4) is 0 Å². The summed E-state index contributed by atoms with van der Waals surface area (Å²) in [4.78, 5) is 40.5. The monoisotopic (exact) mass is 452 g/mol. The fraction of sp³-hybridized carbons (Fsp3) is 0.320. The van der Waals surface area contributed by atoms with Crippen LogP contribution in [-0.2, 0) is 16.6 Å². The zero-order chi connectivity index (χ0) is 22.8. The van der Waals surface area contributed by atoms with Gasteiger partial charge in [-0.05, 0) is 47.9 Å². The molecule has 166 valence electrons. The Balaban J connectivity index is 1.72. The Morgan fingerprint density at radius 1 is 1.09 bits per heavy atom. The number of amides is 1. The third-order valence-corrected chi connectivity index (χ3v) is 6.22. The van der Waals surface area contributed by atoms with Gasteiger partial charge in [0.25, 0.3) is 11.5 Å². The van der Waals surface area contributed by atoms with Crippen molar-refractivity contribution in [2.24, 2.45) is 13.0 Å². The SMILES string of the molecule is CC1CCCN(C(=O)COC(=O)c2c(-c3ccc(Cl)cc3)c3ccccc3c(=O)n2C)C1. The summed E-state index contributed by atoms with van der Waals surface area (Å²) in [6.45, 7) is 3.09. The van der Waals surface area contributed by atoms with Crippen molar-refractivity contribution in [1.82, 2.24) is 9.47 Å². The molecule has 1 aliphatic rings. The first-order valence-electron chi connectivity index (χ1n) is 10.7. The number of carbonyl (C=O) groups is 2. The fourth-order valence-electron chi connectivity index (χ4n) is 4.32. The number of pyridine rings is 1. The van der Waals surface area contributed by atoms with E-state index in [1.165, 1.54) is 4.57 Å². The molecule has 0 saturated carbocycles.